The lowest BCUT2D eigenvalue weighted by Gasteiger charge is -2.17. The van der Waals surface area contributed by atoms with E-state index in [0.29, 0.717) is 23.5 Å². The van der Waals surface area contributed by atoms with Gasteiger partial charge in [-0.05, 0) is 23.8 Å². The number of aromatic amines is 1. The number of benzene rings is 3. The zero-order chi connectivity index (χ0) is 20.9. The Morgan fingerprint density at radius 2 is 1.63 bits per heavy atom. The molecule has 1 aromatic heterocycles. The largest absolute Gasteiger partial charge is 0.452 e. The monoisotopic (exact) mass is 399 g/mol. The van der Waals surface area contributed by atoms with E-state index in [1.54, 1.807) is 25.2 Å². The van der Waals surface area contributed by atoms with Gasteiger partial charge in [-0.1, -0.05) is 60.7 Å². The van der Waals surface area contributed by atoms with E-state index < -0.39 is 5.97 Å². The highest BCUT2D eigenvalue weighted by molar-refractivity contribution is 5.98. The number of carbonyl (C=O) groups excluding carboxylic acids is 2. The van der Waals surface area contributed by atoms with Gasteiger partial charge in [0.15, 0.2) is 6.61 Å². The molecule has 0 bridgehead atoms. The van der Waals surface area contributed by atoms with E-state index in [1.165, 1.54) is 4.90 Å². The predicted molar refractivity (Wildman–Crippen MR) is 115 cm³/mol. The molecule has 0 unspecified atom stereocenters. The van der Waals surface area contributed by atoms with Crippen LogP contribution in [-0.4, -0.2) is 40.4 Å². The molecule has 150 valence electrons. The van der Waals surface area contributed by atoms with Gasteiger partial charge in [-0.15, -0.1) is 0 Å². The third-order valence-electron chi connectivity index (χ3n) is 4.81. The van der Waals surface area contributed by atoms with E-state index in [4.69, 9.17) is 4.74 Å². The fourth-order valence-electron chi connectivity index (χ4n) is 3.21. The molecule has 0 atom stereocenters. The zero-order valence-corrected chi connectivity index (χ0v) is 16.5. The first-order valence-corrected chi connectivity index (χ1v) is 9.61. The number of amides is 1. The maximum atomic E-state index is 12.7. The number of fused-ring (bicyclic) bond motifs is 1. The summed E-state index contributed by atoms with van der Waals surface area (Å²) < 4.78 is 5.31. The van der Waals surface area contributed by atoms with Crippen LogP contribution in [0.3, 0.4) is 0 Å². The molecule has 0 fully saturated rings. The summed E-state index contributed by atoms with van der Waals surface area (Å²) in [6.45, 7) is 0.128. The molecule has 1 amide bonds. The molecular weight excluding hydrogens is 378 g/mol. The first-order chi connectivity index (χ1) is 14.6. The van der Waals surface area contributed by atoms with Crippen LogP contribution < -0.4 is 0 Å². The van der Waals surface area contributed by atoms with Crippen LogP contribution in [0.15, 0.2) is 78.9 Å². The van der Waals surface area contributed by atoms with Gasteiger partial charge in [-0.25, -0.2) is 9.78 Å². The van der Waals surface area contributed by atoms with Crippen LogP contribution in [-0.2, 0) is 16.1 Å². The molecule has 1 N–H and O–H groups in total. The number of para-hydroxylation sites is 2. The summed E-state index contributed by atoms with van der Waals surface area (Å²) in [4.78, 5) is 34.4. The standard InChI is InChI=1S/C24H21N3O3/c1-27(15-17-9-3-2-4-10-17)22(28)16-30-24(29)19-12-6-5-11-18(19)23-25-20-13-7-8-14-21(20)26-23/h2-14H,15-16H2,1H3,(H,25,26). The van der Waals surface area contributed by atoms with Crippen LogP contribution in [0, 0.1) is 0 Å². The number of hydrogen-bond acceptors (Lipinski definition) is 4. The second-order valence-electron chi connectivity index (χ2n) is 6.96. The average Bonchev–Trinajstić information content (AvgIpc) is 3.22. The summed E-state index contributed by atoms with van der Waals surface area (Å²) in [5, 5.41) is 0. The zero-order valence-electron chi connectivity index (χ0n) is 16.5. The molecule has 6 nitrogen and oxygen atoms in total. The van der Waals surface area contributed by atoms with Crippen LogP contribution >= 0.6 is 0 Å². The lowest BCUT2D eigenvalue weighted by molar-refractivity contribution is -0.133. The van der Waals surface area contributed by atoms with Crippen LogP contribution in [0.4, 0.5) is 0 Å². The first kappa shape index (κ1) is 19.4. The Morgan fingerprint density at radius 1 is 0.933 bits per heavy atom. The molecule has 0 aliphatic rings. The van der Waals surface area contributed by atoms with Crippen molar-refractivity contribution >= 4 is 22.9 Å². The molecule has 4 aromatic rings. The lowest BCUT2D eigenvalue weighted by Crippen LogP contribution is -2.30. The minimum absolute atomic E-state index is 0.270. The quantitative estimate of drug-likeness (QED) is 0.497. The summed E-state index contributed by atoms with van der Waals surface area (Å²) >= 11 is 0. The van der Waals surface area contributed by atoms with Gasteiger partial charge in [-0.3, -0.25) is 4.79 Å². The molecule has 4 rings (SSSR count). The second kappa shape index (κ2) is 8.61. The highest BCUT2D eigenvalue weighted by Crippen LogP contribution is 2.24. The molecular formula is C24H21N3O3. The fraction of sp³-hybridized carbons (Fsp3) is 0.125. The van der Waals surface area contributed by atoms with Crippen LogP contribution in [0.1, 0.15) is 15.9 Å². The summed E-state index contributed by atoms with van der Waals surface area (Å²) in [5.41, 5.74) is 3.69. The van der Waals surface area contributed by atoms with Gasteiger partial charge in [0.2, 0.25) is 0 Å². The van der Waals surface area contributed by atoms with Crippen molar-refractivity contribution in [2.45, 2.75) is 6.54 Å². The Labute approximate surface area is 174 Å². The lowest BCUT2D eigenvalue weighted by atomic mass is 10.1. The molecule has 0 aliphatic carbocycles. The molecule has 3 aromatic carbocycles. The Kier molecular flexibility index (Phi) is 5.57. The third-order valence-corrected chi connectivity index (χ3v) is 4.81. The predicted octanol–water partition coefficient (Wildman–Crippen LogP) is 4.05. The van der Waals surface area contributed by atoms with Gasteiger partial charge >= 0.3 is 5.97 Å². The van der Waals surface area contributed by atoms with Crippen molar-refractivity contribution in [3.8, 4) is 11.4 Å². The number of nitrogens with zero attached hydrogens (tertiary/aromatic N) is 2. The number of carbonyl (C=O) groups is 2. The molecule has 6 heteroatoms. The second-order valence-corrected chi connectivity index (χ2v) is 6.96. The van der Waals surface area contributed by atoms with Crippen molar-refractivity contribution < 1.29 is 14.3 Å². The van der Waals surface area contributed by atoms with Crippen molar-refractivity contribution in [1.82, 2.24) is 14.9 Å². The van der Waals surface area contributed by atoms with Crippen LogP contribution in [0.5, 0.6) is 0 Å². The highest BCUT2D eigenvalue weighted by Gasteiger charge is 2.18. The number of ether oxygens (including phenoxy) is 1. The van der Waals surface area contributed by atoms with Crippen molar-refractivity contribution in [2.75, 3.05) is 13.7 Å². The van der Waals surface area contributed by atoms with Gasteiger partial charge in [0.1, 0.15) is 5.82 Å². The number of likely N-dealkylation sites (N-methyl/N-ethyl adjacent to an activating group) is 1. The maximum Gasteiger partial charge on any atom is 0.339 e. The Hall–Kier alpha value is -3.93. The molecule has 0 aliphatic heterocycles. The van der Waals surface area contributed by atoms with E-state index >= 15 is 0 Å². The molecule has 0 saturated heterocycles. The fourth-order valence-corrected chi connectivity index (χ4v) is 3.21. The van der Waals surface area contributed by atoms with Gasteiger partial charge in [-0.2, -0.15) is 0 Å². The first-order valence-electron chi connectivity index (χ1n) is 9.61. The van der Waals surface area contributed by atoms with Gasteiger partial charge in [0.25, 0.3) is 5.91 Å². The van der Waals surface area contributed by atoms with Crippen molar-refractivity contribution in [1.29, 1.82) is 0 Å². The smallest absolute Gasteiger partial charge is 0.339 e. The average molecular weight is 399 g/mol. The maximum absolute atomic E-state index is 12.7. The molecule has 0 saturated carbocycles. The summed E-state index contributed by atoms with van der Waals surface area (Å²) in [7, 11) is 1.69. The SMILES string of the molecule is CN(Cc1ccccc1)C(=O)COC(=O)c1ccccc1-c1nc2ccccc2[nH]1. The minimum atomic E-state index is -0.562. The number of nitrogens with one attached hydrogen (secondary N) is 1. The minimum Gasteiger partial charge on any atom is -0.452 e. The Bertz CT molecular complexity index is 1150. The number of esters is 1. The summed E-state index contributed by atoms with van der Waals surface area (Å²) in [5.74, 6) is -0.253. The number of aromatic nitrogens is 2. The Balaban J connectivity index is 1.46. The van der Waals surface area contributed by atoms with E-state index in [0.717, 1.165) is 16.6 Å². The molecule has 0 spiro atoms. The van der Waals surface area contributed by atoms with E-state index in [2.05, 4.69) is 9.97 Å². The third kappa shape index (κ3) is 4.22. The van der Waals surface area contributed by atoms with Gasteiger partial charge in [0.05, 0.1) is 16.6 Å². The van der Waals surface area contributed by atoms with E-state index in [9.17, 15) is 9.59 Å². The van der Waals surface area contributed by atoms with Crippen molar-refractivity contribution in [3.63, 3.8) is 0 Å². The number of imidazole rings is 1. The van der Waals surface area contributed by atoms with Crippen LogP contribution in [0.25, 0.3) is 22.4 Å². The van der Waals surface area contributed by atoms with Crippen molar-refractivity contribution in [2.24, 2.45) is 0 Å². The van der Waals surface area contributed by atoms with Crippen molar-refractivity contribution in [3.05, 3.63) is 90.0 Å². The Morgan fingerprint density at radius 3 is 2.43 bits per heavy atom. The number of H-pyrrole nitrogens is 1. The van der Waals surface area contributed by atoms with Gasteiger partial charge in [0, 0.05) is 19.2 Å². The number of rotatable bonds is 6. The molecule has 0 radical (unpaired) electrons. The molecule has 30 heavy (non-hydrogen) atoms. The normalized spacial score (nSPS) is 10.7. The van der Waals surface area contributed by atoms with E-state index in [-0.39, 0.29) is 12.5 Å². The summed E-state index contributed by atoms with van der Waals surface area (Å²) in [6, 6.07) is 24.4. The molecule has 1 heterocycles. The highest BCUT2D eigenvalue weighted by atomic mass is 16.5. The number of hydrogen-bond donors (Lipinski definition) is 1. The summed E-state index contributed by atoms with van der Waals surface area (Å²) in [6.07, 6.45) is 0. The van der Waals surface area contributed by atoms with Gasteiger partial charge < -0.3 is 14.6 Å². The van der Waals surface area contributed by atoms with E-state index in [1.807, 2.05) is 60.7 Å². The topological polar surface area (TPSA) is 75.3 Å². The van der Waals surface area contributed by atoms with Crippen LogP contribution in [0.2, 0.25) is 0 Å².